The van der Waals surface area contributed by atoms with Gasteiger partial charge >= 0.3 is 0 Å². The van der Waals surface area contributed by atoms with Gasteiger partial charge in [-0.1, -0.05) is 24.3 Å². The molecule has 3 rings (SSSR count). The molecule has 0 spiro atoms. The second-order valence-electron chi connectivity index (χ2n) is 6.55. The molecule has 5 heteroatoms. The zero-order valence-electron chi connectivity index (χ0n) is 14.6. The van der Waals surface area contributed by atoms with Gasteiger partial charge in [-0.2, -0.15) is 0 Å². The van der Waals surface area contributed by atoms with Crippen LogP contribution in [0.3, 0.4) is 0 Å². The summed E-state index contributed by atoms with van der Waals surface area (Å²) >= 11 is 0. The number of carbonyl (C=O) groups excluding carboxylic acids is 1. The molecule has 1 saturated heterocycles. The van der Waals surface area contributed by atoms with Crippen LogP contribution in [-0.4, -0.2) is 54.4 Å². The average Bonchev–Trinajstić information content (AvgIpc) is 2.65. The number of benzene rings is 1. The maximum Gasteiger partial charge on any atom is 0.244 e. The van der Waals surface area contributed by atoms with Crippen LogP contribution in [-0.2, 0) is 17.8 Å². The van der Waals surface area contributed by atoms with E-state index in [0.29, 0.717) is 0 Å². The topological polar surface area (TPSA) is 47.9 Å². The minimum atomic E-state index is 0.155. The molecule has 0 saturated carbocycles. The van der Waals surface area contributed by atoms with E-state index in [1.165, 1.54) is 17.5 Å². The van der Waals surface area contributed by atoms with Gasteiger partial charge in [-0.05, 0) is 43.7 Å². The number of guanidine groups is 1. The zero-order valence-corrected chi connectivity index (χ0v) is 14.6. The number of fused-ring (bicyclic) bond motifs is 1. The van der Waals surface area contributed by atoms with Crippen LogP contribution >= 0.6 is 0 Å². The van der Waals surface area contributed by atoms with Crippen molar-refractivity contribution in [2.45, 2.75) is 39.2 Å². The monoisotopic (exact) mass is 328 g/mol. The van der Waals surface area contributed by atoms with Gasteiger partial charge in [-0.15, -0.1) is 0 Å². The second-order valence-corrected chi connectivity index (χ2v) is 6.55. The Labute approximate surface area is 144 Å². The van der Waals surface area contributed by atoms with Crippen LogP contribution in [0, 0.1) is 0 Å². The highest BCUT2D eigenvalue weighted by molar-refractivity contribution is 5.85. The summed E-state index contributed by atoms with van der Waals surface area (Å²) < 4.78 is 0. The summed E-state index contributed by atoms with van der Waals surface area (Å²) in [5.74, 6) is 1.01. The van der Waals surface area contributed by atoms with Crippen LogP contribution in [0.2, 0.25) is 0 Å². The Morgan fingerprint density at radius 2 is 1.83 bits per heavy atom. The van der Waals surface area contributed by atoms with E-state index in [1.54, 1.807) is 0 Å². The summed E-state index contributed by atoms with van der Waals surface area (Å²) in [6, 6.07) is 8.58. The summed E-state index contributed by atoms with van der Waals surface area (Å²) in [4.78, 5) is 21.2. The van der Waals surface area contributed by atoms with Crippen molar-refractivity contribution in [1.29, 1.82) is 0 Å². The fourth-order valence-electron chi connectivity index (χ4n) is 3.49. The number of rotatable bonds is 3. The number of nitrogens with one attached hydrogen (secondary N) is 1. The van der Waals surface area contributed by atoms with E-state index < -0.39 is 0 Å². The molecule has 0 bridgehead atoms. The highest BCUT2D eigenvalue weighted by Crippen LogP contribution is 2.18. The summed E-state index contributed by atoms with van der Waals surface area (Å²) in [6.07, 6.45) is 4.51. The molecule has 2 aliphatic rings. The predicted molar refractivity (Wildman–Crippen MR) is 97.0 cm³/mol. The maximum atomic E-state index is 12.4. The fraction of sp³-hybridized carbons (Fsp3) is 0.579. The van der Waals surface area contributed by atoms with Crippen molar-refractivity contribution in [3.63, 3.8) is 0 Å². The molecular formula is C19H28N4O. The lowest BCUT2D eigenvalue weighted by molar-refractivity contribution is -0.130. The summed E-state index contributed by atoms with van der Waals surface area (Å²) in [5, 5.41) is 3.35. The number of amides is 1. The minimum Gasteiger partial charge on any atom is -0.356 e. The molecule has 2 aliphatic heterocycles. The lowest BCUT2D eigenvalue weighted by Gasteiger charge is -2.32. The van der Waals surface area contributed by atoms with E-state index in [4.69, 9.17) is 0 Å². The van der Waals surface area contributed by atoms with Gasteiger partial charge < -0.3 is 15.1 Å². The third kappa shape index (κ3) is 4.08. The van der Waals surface area contributed by atoms with Crippen LogP contribution < -0.4 is 5.32 Å². The highest BCUT2D eigenvalue weighted by atomic mass is 16.2. The smallest absolute Gasteiger partial charge is 0.244 e. The largest absolute Gasteiger partial charge is 0.356 e. The average molecular weight is 328 g/mol. The Balaban J connectivity index is 1.64. The number of nitrogens with zero attached hydrogens (tertiary/aromatic N) is 3. The van der Waals surface area contributed by atoms with E-state index in [1.807, 2.05) is 4.90 Å². The maximum absolute atomic E-state index is 12.4. The predicted octanol–water partition coefficient (Wildman–Crippen LogP) is 2.02. The molecule has 2 heterocycles. The minimum absolute atomic E-state index is 0.155. The van der Waals surface area contributed by atoms with Crippen molar-refractivity contribution in [1.82, 2.24) is 15.1 Å². The molecule has 5 nitrogen and oxygen atoms in total. The summed E-state index contributed by atoms with van der Waals surface area (Å²) in [5.41, 5.74) is 2.78. The van der Waals surface area contributed by atoms with Crippen LogP contribution in [0.4, 0.5) is 0 Å². The van der Waals surface area contributed by atoms with Gasteiger partial charge in [-0.25, -0.2) is 4.99 Å². The van der Waals surface area contributed by atoms with Crippen molar-refractivity contribution >= 4 is 11.9 Å². The molecule has 0 aromatic heterocycles. The van der Waals surface area contributed by atoms with Gasteiger partial charge in [0.05, 0.1) is 0 Å². The Morgan fingerprint density at radius 3 is 2.58 bits per heavy atom. The van der Waals surface area contributed by atoms with E-state index in [-0.39, 0.29) is 12.5 Å². The summed E-state index contributed by atoms with van der Waals surface area (Å²) in [6.45, 7) is 6.72. The molecule has 0 unspecified atom stereocenters. The molecule has 1 aromatic carbocycles. The van der Waals surface area contributed by atoms with Gasteiger partial charge in [-0.3, -0.25) is 4.79 Å². The van der Waals surface area contributed by atoms with E-state index in [9.17, 15) is 4.79 Å². The van der Waals surface area contributed by atoms with Crippen LogP contribution in [0.5, 0.6) is 0 Å². The molecule has 0 aliphatic carbocycles. The van der Waals surface area contributed by atoms with Crippen LogP contribution in [0.1, 0.15) is 37.3 Å². The van der Waals surface area contributed by atoms with E-state index in [2.05, 4.69) is 46.4 Å². The Hall–Kier alpha value is -2.04. The van der Waals surface area contributed by atoms with Crippen molar-refractivity contribution in [3.05, 3.63) is 35.4 Å². The number of carbonyl (C=O) groups is 1. The van der Waals surface area contributed by atoms with Crippen molar-refractivity contribution in [3.8, 4) is 0 Å². The molecular weight excluding hydrogens is 300 g/mol. The van der Waals surface area contributed by atoms with Crippen molar-refractivity contribution in [2.75, 3.05) is 32.7 Å². The molecule has 24 heavy (non-hydrogen) atoms. The highest BCUT2D eigenvalue weighted by Gasteiger charge is 2.20. The Morgan fingerprint density at radius 1 is 1.08 bits per heavy atom. The summed E-state index contributed by atoms with van der Waals surface area (Å²) in [7, 11) is 0. The molecule has 1 aromatic rings. The second kappa shape index (κ2) is 8.18. The van der Waals surface area contributed by atoms with Gasteiger partial charge in [0.1, 0.15) is 6.54 Å². The molecule has 1 N–H and O–H groups in total. The van der Waals surface area contributed by atoms with Crippen LogP contribution in [0.25, 0.3) is 0 Å². The van der Waals surface area contributed by atoms with Gasteiger partial charge in [0.2, 0.25) is 5.91 Å². The zero-order chi connectivity index (χ0) is 16.8. The van der Waals surface area contributed by atoms with E-state index >= 15 is 0 Å². The van der Waals surface area contributed by atoms with Gasteiger partial charge in [0.15, 0.2) is 5.96 Å². The molecule has 130 valence electrons. The third-order valence-electron chi connectivity index (χ3n) is 4.84. The van der Waals surface area contributed by atoms with Gasteiger partial charge in [0.25, 0.3) is 0 Å². The fourth-order valence-corrected chi connectivity index (χ4v) is 3.49. The molecule has 1 fully saturated rings. The number of aliphatic imine (C=N–C) groups is 1. The normalized spacial score (nSPS) is 18.3. The lowest BCUT2D eigenvalue weighted by atomic mass is 10.0. The number of likely N-dealkylation sites (tertiary alicyclic amines) is 1. The SMILES string of the molecule is CCNC(=NCC(=O)N1CCCCC1)N1CCc2ccccc2C1. The van der Waals surface area contributed by atoms with Crippen molar-refractivity contribution in [2.24, 2.45) is 4.99 Å². The Kier molecular flexibility index (Phi) is 5.72. The first kappa shape index (κ1) is 16.8. The molecule has 1 amide bonds. The van der Waals surface area contributed by atoms with E-state index in [0.717, 1.165) is 57.9 Å². The lowest BCUT2D eigenvalue weighted by Crippen LogP contribution is -2.45. The first-order chi connectivity index (χ1) is 11.8. The third-order valence-corrected chi connectivity index (χ3v) is 4.84. The first-order valence-electron chi connectivity index (χ1n) is 9.15. The van der Waals surface area contributed by atoms with Crippen LogP contribution in [0.15, 0.2) is 29.3 Å². The van der Waals surface area contributed by atoms with Gasteiger partial charge in [0, 0.05) is 32.7 Å². The quantitative estimate of drug-likeness (QED) is 0.682. The molecule has 0 radical (unpaired) electrons. The molecule has 0 atom stereocenters. The number of piperidine rings is 1. The van der Waals surface area contributed by atoms with Crippen molar-refractivity contribution < 1.29 is 4.79 Å². The first-order valence-corrected chi connectivity index (χ1v) is 9.15. The Bertz CT molecular complexity index is 593. The standard InChI is InChI=1S/C19H28N4O/c1-2-20-19(21-14-18(24)22-11-6-3-7-12-22)23-13-10-16-8-4-5-9-17(16)15-23/h4-5,8-9H,2-3,6-7,10-15H2,1H3,(H,20,21). The number of hydrogen-bond donors (Lipinski definition) is 1. The number of hydrogen-bond acceptors (Lipinski definition) is 2.